The van der Waals surface area contributed by atoms with Gasteiger partial charge in [-0.2, -0.15) is 10.1 Å². The van der Waals surface area contributed by atoms with Crippen LogP contribution in [0.2, 0.25) is 0 Å². The third-order valence-electron chi connectivity index (χ3n) is 3.25. The van der Waals surface area contributed by atoms with Gasteiger partial charge in [-0.05, 0) is 19.1 Å². The van der Waals surface area contributed by atoms with Crippen molar-refractivity contribution in [3.05, 3.63) is 41.1 Å². The monoisotopic (exact) mass is 314 g/mol. The molecule has 0 saturated carbocycles. The maximum Gasteiger partial charge on any atom is 0.257 e. The number of fused-ring (bicyclic) bond motifs is 1. The molecule has 0 spiro atoms. The summed E-state index contributed by atoms with van der Waals surface area (Å²) < 4.78 is 2.23. The first kappa shape index (κ1) is 14.4. The maximum absolute atomic E-state index is 12.2. The van der Waals surface area contributed by atoms with Crippen molar-refractivity contribution in [1.29, 1.82) is 0 Å². The first-order valence-corrected chi connectivity index (χ1v) is 7.50. The SMILES string of the molecule is CC(=O)c1nn(C)c2nc(NC(=O)c3ccc(C)cc3)sc12. The minimum absolute atomic E-state index is 0.120. The number of hydrogen-bond acceptors (Lipinski definition) is 5. The number of carbonyl (C=O) groups is 2. The summed E-state index contributed by atoms with van der Waals surface area (Å²) in [6.45, 7) is 3.43. The van der Waals surface area contributed by atoms with Gasteiger partial charge in [0, 0.05) is 19.5 Å². The predicted molar refractivity (Wildman–Crippen MR) is 85.5 cm³/mol. The normalized spacial score (nSPS) is 10.9. The summed E-state index contributed by atoms with van der Waals surface area (Å²) in [6, 6.07) is 7.29. The summed E-state index contributed by atoms with van der Waals surface area (Å²) in [4.78, 5) is 28.1. The van der Waals surface area contributed by atoms with Gasteiger partial charge in [-0.25, -0.2) is 4.68 Å². The van der Waals surface area contributed by atoms with E-state index in [1.807, 2.05) is 19.1 Å². The van der Waals surface area contributed by atoms with Gasteiger partial charge in [-0.3, -0.25) is 14.9 Å². The number of ketones is 1. The van der Waals surface area contributed by atoms with E-state index < -0.39 is 0 Å². The molecule has 0 radical (unpaired) electrons. The van der Waals surface area contributed by atoms with Crippen molar-refractivity contribution < 1.29 is 9.59 Å². The number of hydrogen-bond donors (Lipinski definition) is 1. The Labute approximate surface area is 130 Å². The summed E-state index contributed by atoms with van der Waals surface area (Å²) in [5.41, 5.74) is 2.63. The average molecular weight is 314 g/mol. The molecule has 1 amide bonds. The highest BCUT2D eigenvalue weighted by atomic mass is 32.1. The Morgan fingerprint density at radius 2 is 1.91 bits per heavy atom. The fourth-order valence-corrected chi connectivity index (χ4v) is 3.11. The number of benzene rings is 1. The Bertz CT molecular complexity index is 877. The fourth-order valence-electron chi connectivity index (χ4n) is 2.09. The molecule has 3 aromatic rings. The highest BCUT2D eigenvalue weighted by molar-refractivity contribution is 7.22. The number of anilines is 1. The van der Waals surface area contributed by atoms with Crippen LogP contribution < -0.4 is 5.32 Å². The summed E-state index contributed by atoms with van der Waals surface area (Å²) in [6.07, 6.45) is 0. The van der Waals surface area contributed by atoms with E-state index >= 15 is 0 Å². The van der Waals surface area contributed by atoms with Gasteiger partial charge in [0.25, 0.3) is 5.91 Å². The Kier molecular flexibility index (Phi) is 3.50. The van der Waals surface area contributed by atoms with Crippen molar-refractivity contribution in [2.24, 2.45) is 7.05 Å². The number of rotatable bonds is 3. The Morgan fingerprint density at radius 1 is 1.23 bits per heavy atom. The van der Waals surface area contributed by atoms with Crippen molar-refractivity contribution in [2.75, 3.05) is 5.32 Å². The molecule has 2 aromatic heterocycles. The number of aromatic nitrogens is 3. The van der Waals surface area contributed by atoms with Gasteiger partial charge in [-0.1, -0.05) is 29.0 Å². The molecule has 112 valence electrons. The summed E-state index contributed by atoms with van der Waals surface area (Å²) in [5.74, 6) is -0.345. The summed E-state index contributed by atoms with van der Waals surface area (Å²) >= 11 is 1.25. The molecule has 0 unspecified atom stereocenters. The fraction of sp³-hybridized carbons (Fsp3) is 0.200. The lowest BCUT2D eigenvalue weighted by molar-refractivity contribution is 0.101. The molecule has 3 rings (SSSR count). The highest BCUT2D eigenvalue weighted by Crippen LogP contribution is 2.29. The quantitative estimate of drug-likeness (QED) is 0.754. The Balaban J connectivity index is 1.91. The third kappa shape index (κ3) is 2.50. The smallest absolute Gasteiger partial charge is 0.257 e. The largest absolute Gasteiger partial charge is 0.298 e. The molecule has 0 fully saturated rings. The molecule has 0 atom stereocenters. The second-order valence-electron chi connectivity index (χ2n) is 5.02. The predicted octanol–water partition coefficient (Wildman–Crippen LogP) is 2.79. The van der Waals surface area contributed by atoms with E-state index in [0.29, 0.717) is 26.7 Å². The zero-order valence-corrected chi connectivity index (χ0v) is 13.2. The zero-order chi connectivity index (χ0) is 15.9. The van der Waals surface area contributed by atoms with Crippen molar-refractivity contribution >= 4 is 38.5 Å². The van der Waals surface area contributed by atoms with Crippen molar-refractivity contribution in [1.82, 2.24) is 14.8 Å². The van der Waals surface area contributed by atoms with E-state index in [-0.39, 0.29) is 11.7 Å². The molecule has 0 saturated heterocycles. The highest BCUT2D eigenvalue weighted by Gasteiger charge is 2.18. The number of nitrogens with one attached hydrogen (secondary N) is 1. The van der Waals surface area contributed by atoms with Crippen molar-refractivity contribution in [2.45, 2.75) is 13.8 Å². The maximum atomic E-state index is 12.2. The van der Waals surface area contributed by atoms with Crippen molar-refractivity contribution in [3.8, 4) is 0 Å². The lowest BCUT2D eigenvalue weighted by Crippen LogP contribution is -2.11. The Morgan fingerprint density at radius 3 is 2.55 bits per heavy atom. The van der Waals surface area contributed by atoms with Gasteiger partial charge < -0.3 is 0 Å². The summed E-state index contributed by atoms with van der Waals surface area (Å²) in [7, 11) is 1.72. The second kappa shape index (κ2) is 5.34. The first-order chi connectivity index (χ1) is 10.5. The van der Waals surface area contributed by atoms with Crippen LogP contribution in [0.5, 0.6) is 0 Å². The average Bonchev–Trinajstić information content (AvgIpc) is 3.00. The molecule has 0 aliphatic rings. The van der Waals surface area contributed by atoms with Crippen LogP contribution in [-0.2, 0) is 7.05 Å². The van der Waals surface area contributed by atoms with Gasteiger partial charge >= 0.3 is 0 Å². The molecule has 1 aromatic carbocycles. The lowest BCUT2D eigenvalue weighted by atomic mass is 10.1. The topological polar surface area (TPSA) is 76.9 Å². The van der Waals surface area contributed by atoms with Crippen molar-refractivity contribution in [3.63, 3.8) is 0 Å². The number of nitrogens with zero attached hydrogens (tertiary/aromatic N) is 3. The van der Waals surface area contributed by atoms with Crippen LogP contribution in [0.1, 0.15) is 33.3 Å². The number of amides is 1. The van der Waals surface area contributed by atoms with Crippen LogP contribution in [-0.4, -0.2) is 26.5 Å². The van der Waals surface area contributed by atoms with E-state index in [1.165, 1.54) is 18.3 Å². The lowest BCUT2D eigenvalue weighted by Gasteiger charge is -2.01. The van der Waals surface area contributed by atoms with Crippen LogP contribution >= 0.6 is 11.3 Å². The number of thiazole rings is 1. The van der Waals surface area contributed by atoms with Gasteiger partial charge in [0.15, 0.2) is 16.6 Å². The van der Waals surface area contributed by atoms with Gasteiger partial charge in [0.05, 0.1) is 0 Å². The molecule has 0 aliphatic heterocycles. The standard InChI is InChI=1S/C15H14N4O2S/c1-8-4-6-10(7-5-8)14(21)17-15-16-13-12(22-15)11(9(2)20)18-19(13)3/h4-7H,1-3H3,(H,16,17,21). The van der Waals surface area contributed by atoms with E-state index in [4.69, 9.17) is 0 Å². The molecule has 22 heavy (non-hydrogen) atoms. The van der Waals surface area contributed by atoms with Gasteiger partial charge in [0.2, 0.25) is 0 Å². The second-order valence-corrected chi connectivity index (χ2v) is 6.02. The van der Waals surface area contributed by atoms with Gasteiger partial charge in [0.1, 0.15) is 10.4 Å². The van der Waals surface area contributed by atoms with Crippen LogP contribution in [0, 0.1) is 6.92 Å². The number of carbonyl (C=O) groups excluding carboxylic acids is 2. The van der Waals surface area contributed by atoms with E-state index in [0.717, 1.165) is 5.56 Å². The zero-order valence-electron chi connectivity index (χ0n) is 12.4. The summed E-state index contributed by atoms with van der Waals surface area (Å²) in [5, 5.41) is 7.36. The number of Topliss-reactive ketones (excluding diaryl/α,β-unsaturated/α-hetero) is 1. The minimum Gasteiger partial charge on any atom is -0.298 e. The molecule has 0 aliphatic carbocycles. The van der Waals surface area contributed by atoms with Crippen LogP contribution in [0.4, 0.5) is 5.13 Å². The molecule has 0 bridgehead atoms. The molecule has 2 heterocycles. The first-order valence-electron chi connectivity index (χ1n) is 6.68. The molecular formula is C15H14N4O2S. The Hall–Kier alpha value is -2.54. The van der Waals surface area contributed by atoms with Crippen LogP contribution in [0.15, 0.2) is 24.3 Å². The van der Waals surface area contributed by atoms with Gasteiger partial charge in [-0.15, -0.1) is 0 Å². The van der Waals surface area contributed by atoms with E-state index in [2.05, 4.69) is 15.4 Å². The molecule has 1 N–H and O–H groups in total. The van der Waals surface area contributed by atoms with E-state index in [1.54, 1.807) is 23.9 Å². The third-order valence-corrected chi connectivity index (χ3v) is 4.22. The number of aryl methyl sites for hydroxylation is 2. The van der Waals surface area contributed by atoms with Crippen LogP contribution in [0.3, 0.4) is 0 Å². The molecule has 6 nitrogen and oxygen atoms in total. The minimum atomic E-state index is -0.226. The molecule has 7 heteroatoms. The molecular weight excluding hydrogens is 300 g/mol. The van der Waals surface area contributed by atoms with Crippen LogP contribution in [0.25, 0.3) is 10.3 Å². The van der Waals surface area contributed by atoms with E-state index in [9.17, 15) is 9.59 Å².